The molecule has 1 amide bonds. The van der Waals surface area contributed by atoms with E-state index in [0.29, 0.717) is 5.56 Å². The van der Waals surface area contributed by atoms with Crippen LogP contribution in [0.3, 0.4) is 0 Å². The second-order valence-electron chi connectivity index (χ2n) is 6.96. The Morgan fingerprint density at radius 2 is 1.89 bits per heavy atom. The van der Waals surface area contributed by atoms with Crippen LogP contribution in [-0.4, -0.2) is 29.3 Å². The standard InChI is InChI=1S/C21H24N2O4/c1-13(16-8-7-15-5-3-4-6-17(15)9-16)23-20(25)12-27-21(26)19-10-18(11-22-19)14(2)24/h7-11,13,22H,3-6,12H2,1-2H3,(H,23,25)/t13-/m1/s1. The first-order chi connectivity index (χ1) is 12.9. The number of amides is 1. The number of nitrogens with one attached hydrogen (secondary N) is 2. The van der Waals surface area contributed by atoms with Crippen LogP contribution in [0.4, 0.5) is 0 Å². The summed E-state index contributed by atoms with van der Waals surface area (Å²) in [6.45, 7) is 2.95. The van der Waals surface area contributed by atoms with Crippen LogP contribution in [0.2, 0.25) is 0 Å². The fourth-order valence-electron chi connectivity index (χ4n) is 3.31. The van der Waals surface area contributed by atoms with Gasteiger partial charge in [-0.1, -0.05) is 18.2 Å². The van der Waals surface area contributed by atoms with E-state index in [1.54, 1.807) is 0 Å². The highest BCUT2D eigenvalue weighted by Crippen LogP contribution is 2.24. The van der Waals surface area contributed by atoms with E-state index in [-0.39, 0.29) is 30.0 Å². The number of aromatic amines is 1. The Morgan fingerprint density at radius 3 is 2.59 bits per heavy atom. The summed E-state index contributed by atoms with van der Waals surface area (Å²) in [4.78, 5) is 38.0. The monoisotopic (exact) mass is 368 g/mol. The summed E-state index contributed by atoms with van der Waals surface area (Å²) in [5.41, 5.74) is 4.35. The number of carbonyl (C=O) groups is 3. The summed E-state index contributed by atoms with van der Waals surface area (Å²) in [7, 11) is 0. The molecule has 27 heavy (non-hydrogen) atoms. The molecule has 1 heterocycles. The van der Waals surface area contributed by atoms with Gasteiger partial charge in [0.05, 0.1) is 6.04 Å². The molecule has 142 valence electrons. The highest BCUT2D eigenvalue weighted by molar-refractivity contribution is 5.97. The number of benzene rings is 1. The molecule has 2 aromatic rings. The molecule has 1 aromatic carbocycles. The fraction of sp³-hybridized carbons (Fsp3) is 0.381. The van der Waals surface area contributed by atoms with Crippen LogP contribution in [0, 0.1) is 0 Å². The highest BCUT2D eigenvalue weighted by Gasteiger charge is 2.17. The lowest BCUT2D eigenvalue weighted by atomic mass is 9.89. The Hall–Kier alpha value is -2.89. The smallest absolute Gasteiger partial charge is 0.355 e. The van der Waals surface area contributed by atoms with Gasteiger partial charge >= 0.3 is 5.97 Å². The summed E-state index contributed by atoms with van der Waals surface area (Å²) in [6.07, 6.45) is 6.09. The number of rotatable bonds is 6. The highest BCUT2D eigenvalue weighted by atomic mass is 16.5. The molecule has 1 aliphatic carbocycles. The minimum Gasteiger partial charge on any atom is -0.451 e. The van der Waals surface area contributed by atoms with Gasteiger partial charge in [0.2, 0.25) is 0 Å². The van der Waals surface area contributed by atoms with Gasteiger partial charge in [0.1, 0.15) is 5.69 Å². The van der Waals surface area contributed by atoms with Crippen molar-refractivity contribution in [2.45, 2.75) is 45.6 Å². The Morgan fingerprint density at radius 1 is 1.15 bits per heavy atom. The first-order valence-corrected chi connectivity index (χ1v) is 9.21. The van der Waals surface area contributed by atoms with Gasteiger partial charge < -0.3 is 15.0 Å². The van der Waals surface area contributed by atoms with E-state index in [1.165, 1.54) is 43.2 Å². The van der Waals surface area contributed by atoms with Crippen LogP contribution in [0.5, 0.6) is 0 Å². The Kier molecular flexibility index (Phi) is 5.74. The summed E-state index contributed by atoms with van der Waals surface area (Å²) in [5, 5.41) is 2.85. The van der Waals surface area contributed by atoms with Crippen molar-refractivity contribution in [2.24, 2.45) is 0 Å². The van der Waals surface area contributed by atoms with Crippen LogP contribution in [0.1, 0.15) is 70.3 Å². The Labute approximate surface area is 158 Å². The van der Waals surface area contributed by atoms with Crippen molar-refractivity contribution in [1.29, 1.82) is 0 Å². The number of ether oxygens (including phenoxy) is 1. The average molecular weight is 368 g/mol. The zero-order valence-electron chi connectivity index (χ0n) is 15.6. The Balaban J connectivity index is 1.52. The van der Waals surface area contributed by atoms with Crippen molar-refractivity contribution in [3.8, 4) is 0 Å². The maximum absolute atomic E-state index is 12.1. The van der Waals surface area contributed by atoms with Crippen molar-refractivity contribution < 1.29 is 19.1 Å². The first-order valence-electron chi connectivity index (χ1n) is 9.21. The molecule has 6 heteroatoms. The van der Waals surface area contributed by atoms with Gasteiger partial charge in [-0.25, -0.2) is 4.79 Å². The van der Waals surface area contributed by atoms with Crippen LogP contribution < -0.4 is 5.32 Å². The topological polar surface area (TPSA) is 88.3 Å². The third-order valence-electron chi connectivity index (χ3n) is 4.89. The van der Waals surface area contributed by atoms with Gasteiger partial charge in [0.15, 0.2) is 12.4 Å². The third kappa shape index (κ3) is 4.64. The minimum atomic E-state index is -0.668. The molecule has 0 unspecified atom stereocenters. The van der Waals surface area contributed by atoms with Gasteiger partial charge in [-0.05, 0) is 62.3 Å². The number of ketones is 1. The summed E-state index contributed by atoms with van der Waals surface area (Å²) in [5.74, 6) is -1.19. The minimum absolute atomic E-state index is 0.149. The normalized spacial score (nSPS) is 14.1. The van der Waals surface area contributed by atoms with Gasteiger partial charge in [-0.3, -0.25) is 9.59 Å². The number of carbonyl (C=O) groups excluding carboxylic acids is 3. The molecular formula is C21H24N2O4. The SMILES string of the molecule is CC(=O)c1c[nH]c(C(=O)OCC(=O)N[C@H](C)c2ccc3c(c2)CCCC3)c1. The van der Waals surface area contributed by atoms with Gasteiger partial charge in [0.25, 0.3) is 5.91 Å². The number of fused-ring (bicyclic) bond motifs is 1. The van der Waals surface area contributed by atoms with E-state index in [1.807, 2.05) is 13.0 Å². The van der Waals surface area contributed by atoms with E-state index in [2.05, 4.69) is 22.4 Å². The molecule has 0 radical (unpaired) electrons. The molecular weight excluding hydrogens is 344 g/mol. The second kappa shape index (κ2) is 8.20. The van der Waals surface area contributed by atoms with Crippen molar-refractivity contribution in [3.63, 3.8) is 0 Å². The van der Waals surface area contributed by atoms with Crippen molar-refractivity contribution in [3.05, 3.63) is 58.4 Å². The molecule has 1 aromatic heterocycles. The lowest BCUT2D eigenvalue weighted by Crippen LogP contribution is -2.31. The molecule has 0 saturated heterocycles. The van der Waals surface area contributed by atoms with Gasteiger partial charge in [-0.2, -0.15) is 0 Å². The number of hydrogen-bond donors (Lipinski definition) is 2. The molecule has 0 spiro atoms. The molecule has 0 bridgehead atoms. The summed E-state index contributed by atoms with van der Waals surface area (Å²) >= 11 is 0. The molecule has 0 aliphatic heterocycles. The number of aryl methyl sites for hydroxylation is 2. The largest absolute Gasteiger partial charge is 0.451 e. The predicted molar refractivity (Wildman–Crippen MR) is 101 cm³/mol. The molecule has 1 atom stereocenters. The van der Waals surface area contributed by atoms with Gasteiger partial charge in [-0.15, -0.1) is 0 Å². The van der Waals surface area contributed by atoms with Crippen molar-refractivity contribution >= 4 is 17.7 Å². The van der Waals surface area contributed by atoms with Crippen LogP contribution in [0.25, 0.3) is 0 Å². The van der Waals surface area contributed by atoms with Crippen molar-refractivity contribution in [2.75, 3.05) is 6.61 Å². The number of aromatic nitrogens is 1. The second-order valence-corrected chi connectivity index (χ2v) is 6.96. The zero-order valence-corrected chi connectivity index (χ0v) is 15.6. The number of H-pyrrole nitrogens is 1. The summed E-state index contributed by atoms with van der Waals surface area (Å²) in [6, 6.07) is 7.60. The maximum Gasteiger partial charge on any atom is 0.355 e. The van der Waals surface area contributed by atoms with E-state index in [0.717, 1.165) is 18.4 Å². The van der Waals surface area contributed by atoms with Gasteiger partial charge in [0, 0.05) is 11.8 Å². The zero-order chi connectivity index (χ0) is 19.4. The fourth-order valence-corrected chi connectivity index (χ4v) is 3.31. The first kappa shape index (κ1) is 18.9. The molecule has 0 fully saturated rings. The quantitative estimate of drug-likeness (QED) is 0.606. The summed E-state index contributed by atoms with van der Waals surface area (Å²) < 4.78 is 5.02. The Bertz CT molecular complexity index is 869. The van der Waals surface area contributed by atoms with E-state index < -0.39 is 5.97 Å². The number of hydrogen-bond acceptors (Lipinski definition) is 4. The third-order valence-corrected chi connectivity index (χ3v) is 4.89. The van der Waals surface area contributed by atoms with Crippen LogP contribution >= 0.6 is 0 Å². The number of Topliss-reactive ketones (excluding diaryl/α,β-unsaturated/α-hetero) is 1. The lowest BCUT2D eigenvalue weighted by molar-refractivity contribution is -0.124. The van der Waals surface area contributed by atoms with E-state index in [4.69, 9.17) is 4.74 Å². The average Bonchev–Trinajstić information content (AvgIpc) is 3.16. The maximum atomic E-state index is 12.1. The van der Waals surface area contributed by atoms with Crippen LogP contribution in [0.15, 0.2) is 30.5 Å². The van der Waals surface area contributed by atoms with Crippen molar-refractivity contribution in [1.82, 2.24) is 10.3 Å². The van der Waals surface area contributed by atoms with E-state index >= 15 is 0 Å². The molecule has 3 rings (SSSR count). The molecule has 0 saturated carbocycles. The molecule has 6 nitrogen and oxygen atoms in total. The lowest BCUT2D eigenvalue weighted by Gasteiger charge is -2.20. The molecule has 2 N–H and O–H groups in total. The van der Waals surface area contributed by atoms with Crippen LogP contribution in [-0.2, 0) is 22.4 Å². The molecule has 1 aliphatic rings. The van der Waals surface area contributed by atoms with E-state index in [9.17, 15) is 14.4 Å². The predicted octanol–water partition coefficient (Wildman–Crippen LogP) is 3.13. The number of esters is 1.